The standard InChI is InChI=1S/C13H18Br2N2O2S/c14-11-4-5-13(12(15)10-11)20(18,19)16-6-9-17-7-2-1-3-8-17/h4-5,10,16H,1-3,6-9H2. The van der Waals surface area contributed by atoms with Gasteiger partial charge < -0.3 is 4.90 Å². The summed E-state index contributed by atoms with van der Waals surface area (Å²) in [5.74, 6) is 0. The van der Waals surface area contributed by atoms with Crippen LogP contribution in [0, 0.1) is 0 Å². The number of nitrogens with one attached hydrogen (secondary N) is 1. The molecule has 1 aliphatic heterocycles. The predicted octanol–water partition coefficient (Wildman–Crippen LogP) is 2.98. The average Bonchev–Trinajstić information content (AvgIpc) is 2.39. The first-order chi connectivity index (χ1) is 9.49. The lowest BCUT2D eigenvalue weighted by Crippen LogP contribution is -2.37. The predicted molar refractivity (Wildman–Crippen MR) is 87.3 cm³/mol. The maximum atomic E-state index is 12.2. The van der Waals surface area contributed by atoms with E-state index in [-0.39, 0.29) is 4.90 Å². The van der Waals surface area contributed by atoms with Crippen LogP contribution in [0.5, 0.6) is 0 Å². The monoisotopic (exact) mass is 424 g/mol. The van der Waals surface area contributed by atoms with E-state index >= 15 is 0 Å². The molecule has 20 heavy (non-hydrogen) atoms. The highest BCUT2D eigenvalue weighted by Crippen LogP contribution is 2.25. The zero-order chi connectivity index (χ0) is 14.6. The summed E-state index contributed by atoms with van der Waals surface area (Å²) in [4.78, 5) is 2.59. The topological polar surface area (TPSA) is 49.4 Å². The van der Waals surface area contributed by atoms with E-state index in [0.29, 0.717) is 11.0 Å². The summed E-state index contributed by atoms with van der Waals surface area (Å²) in [6.07, 6.45) is 3.71. The highest BCUT2D eigenvalue weighted by atomic mass is 79.9. The van der Waals surface area contributed by atoms with Gasteiger partial charge in [0.1, 0.15) is 0 Å². The lowest BCUT2D eigenvalue weighted by atomic mass is 10.1. The van der Waals surface area contributed by atoms with Crippen LogP contribution in [0.25, 0.3) is 0 Å². The summed E-state index contributed by atoms with van der Waals surface area (Å²) >= 11 is 6.61. The van der Waals surface area contributed by atoms with Gasteiger partial charge in [-0.1, -0.05) is 22.4 Å². The Morgan fingerprint density at radius 3 is 2.50 bits per heavy atom. The van der Waals surface area contributed by atoms with Crippen molar-refractivity contribution in [3.05, 3.63) is 27.1 Å². The summed E-state index contributed by atoms with van der Waals surface area (Å²) in [5.41, 5.74) is 0. The molecule has 0 spiro atoms. The van der Waals surface area contributed by atoms with Gasteiger partial charge in [0.15, 0.2) is 0 Å². The minimum absolute atomic E-state index is 0.277. The normalized spacial score (nSPS) is 17.3. The maximum Gasteiger partial charge on any atom is 0.241 e. The third-order valence-electron chi connectivity index (χ3n) is 3.35. The molecule has 0 aliphatic carbocycles. The van der Waals surface area contributed by atoms with Crippen molar-refractivity contribution in [1.82, 2.24) is 9.62 Å². The third kappa shape index (κ3) is 4.53. The molecule has 1 N–H and O–H groups in total. The Labute approximate surface area is 137 Å². The van der Waals surface area contributed by atoms with Gasteiger partial charge >= 0.3 is 0 Å². The summed E-state index contributed by atoms with van der Waals surface area (Å²) in [5, 5.41) is 0. The van der Waals surface area contributed by atoms with E-state index in [9.17, 15) is 8.42 Å². The van der Waals surface area contributed by atoms with Gasteiger partial charge in [0.25, 0.3) is 0 Å². The lowest BCUT2D eigenvalue weighted by Gasteiger charge is -2.26. The first-order valence-corrected chi connectivity index (χ1v) is 9.73. The van der Waals surface area contributed by atoms with Gasteiger partial charge in [-0.15, -0.1) is 0 Å². The van der Waals surface area contributed by atoms with Crippen LogP contribution >= 0.6 is 31.9 Å². The van der Waals surface area contributed by atoms with Gasteiger partial charge in [0.2, 0.25) is 10.0 Å². The van der Waals surface area contributed by atoms with E-state index < -0.39 is 10.0 Å². The van der Waals surface area contributed by atoms with Crippen molar-refractivity contribution in [3.8, 4) is 0 Å². The fraction of sp³-hybridized carbons (Fsp3) is 0.538. The van der Waals surface area contributed by atoms with Crippen LogP contribution in [0.2, 0.25) is 0 Å². The molecule has 7 heteroatoms. The first kappa shape index (κ1) is 16.4. The Kier molecular flexibility index (Phi) is 6.04. The molecule has 1 aliphatic rings. The Morgan fingerprint density at radius 2 is 1.85 bits per heavy atom. The Morgan fingerprint density at radius 1 is 1.15 bits per heavy atom. The molecule has 0 radical (unpaired) electrons. The lowest BCUT2D eigenvalue weighted by molar-refractivity contribution is 0.233. The van der Waals surface area contributed by atoms with Crippen LogP contribution in [-0.2, 0) is 10.0 Å². The number of likely N-dealkylation sites (tertiary alicyclic amines) is 1. The van der Waals surface area contributed by atoms with Crippen LogP contribution in [0.4, 0.5) is 0 Å². The molecule has 1 saturated heterocycles. The summed E-state index contributed by atoms with van der Waals surface area (Å²) < 4.78 is 28.5. The van der Waals surface area contributed by atoms with Crippen molar-refractivity contribution < 1.29 is 8.42 Å². The SMILES string of the molecule is O=S(=O)(NCCN1CCCCC1)c1ccc(Br)cc1Br. The number of nitrogens with zero attached hydrogens (tertiary/aromatic N) is 1. The number of benzene rings is 1. The van der Waals surface area contributed by atoms with E-state index in [0.717, 1.165) is 24.1 Å². The second-order valence-electron chi connectivity index (χ2n) is 4.87. The zero-order valence-corrected chi connectivity index (χ0v) is 15.1. The molecule has 112 valence electrons. The van der Waals surface area contributed by atoms with Gasteiger partial charge in [-0.3, -0.25) is 0 Å². The zero-order valence-electron chi connectivity index (χ0n) is 11.1. The Hall–Kier alpha value is 0.0500. The summed E-state index contributed by atoms with van der Waals surface area (Å²) in [6, 6.07) is 5.06. The van der Waals surface area contributed by atoms with E-state index in [1.54, 1.807) is 18.2 Å². The van der Waals surface area contributed by atoms with Crippen LogP contribution in [0.15, 0.2) is 32.0 Å². The average molecular weight is 426 g/mol. The molecular weight excluding hydrogens is 408 g/mol. The Balaban J connectivity index is 1.93. The first-order valence-electron chi connectivity index (χ1n) is 6.66. The van der Waals surface area contributed by atoms with E-state index in [1.165, 1.54) is 19.3 Å². The van der Waals surface area contributed by atoms with Gasteiger partial charge in [0.05, 0.1) is 4.90 Å². The second kappa shape index (κ2) is 7.35. The van der Waals surface area contributed by atoms with Crippen LogP contribution in [0.1, 0.15) is 19.3 Å². The molecule has 1 aromatic rings. The molecule has 0 aromatic heterocycles. The molecule has 0 saturated carbocycles. The number of piperidine rings is 1. The summed E-state index contributed by atoms with van der Waals surface area (Å²) in [7, 11) is -3.45. The number of hydrogen-bond acceptors (Lipinski definition) is 3. The van der Waals surface area contributed by atoms with Gasteiger partial charge in [-0.2, -0.15) is 0 Å². The molecule has 2 rings (SSSR count). The van der Waals surface area contributed by atoms with Crippen LogP contribution in [0.3, 0.4) is 0 Å². The van der Waals surface area contributed by atoms with E-state index in [2.05, 4.69) is 41.5 Å². The molecule has 1 aromatic carbocycles. The molecule has 0 bridgehead atoms. The maximum absolute atomic E-state index is 12.2. The molecule has 1 heterocycles. The number of halogens is 2. The molecule has 0 amide bonds. The minimum atomic E-state index is -3.45. The van der Waals surface area contributed by atoms with Crippen LogP contribution in [-0.4, -0.2) is 39.5 Å². The van der Waals surface area contributed by atoms with Crippen molar-refractivity contribution in [3.63, 3.8) is 0 Å². The van der Waals surface area contributed by atoms with Crippen LogP contribution < -0.4 is 4.72 Å². The largest absolute Gasteiger partial charge is 0.302 e. The number of rotatable bonds is 5. The number of hydrogen-bond donors (Lipinski definition) is 1. The van der Waals surface area contributed by atoms with Crippen molar-refractivity contribution in [1.29, 1.82) is 0 Å². The van der Waals surface area contributed by atoms with Crippen molar-refractivity contribution >= 4 is 41.9 Å². The van der Waals surface area contributed by atoms with E-state index in [4.69, 9.17) is 0 Å². The Bertz CT molecular complexity index is 557. The van der Waals surface area contributed by atoms with Gasteiger partial charge in [-0.25, -0.2) is 13.1 Å². The minimum Gasteiger partial charge on any atom is -0.302 e. The molecule has 0 unspecified atom stereocenters. The molecule has 4 nitrogen and oxygen atoms in total. The fourth-order valence-corrected chi connectivity index (χ4v) is 5.06. The van der Waals surface area contributed by atoms with Crippen molar-refractivity contribution in [2.75, 3.05) is 26.2 Å². The third-order valence-corrected chi connectivity index (χ3v) is 6.28. The highest BCUT2D eigenvalue weighted by Gasteiger charge is 2.18. The molecule has 0 atom stereocenters. The fourth-order valence-electron chi connectivity index (χ4n) is 2.29. The van der Waals surface area contributed by atoms with Gasteiger partial charge in [0, 0.05) is 22.0 Å². The second-order valence-corrected chi connectivity index (χ2v) is 8.38. The molecule has 1 fully saturated rings. The van der Waals surface area contributed by atoms with Crippen molar-refractivity contribution in [2.24, 2.45) is 0 Å². The highest BCUT2D eigenvalue weighted by molar-refractivity contribution is 9.11. The smallest absolute Gasteiger partial charge is 0.241 e. The molecular formula is C13H18Br2N2O2S. The number of sulfonamides is 1. The van der Waals surface area contributed by atoms with E-state index in [1.807, 2.05) is 0 Å². The van der Waals surface area contributed by atoms with Gasteiger partial charge in [-0.05, 0) is 60.1 Å². The summed E-state index contributed by atoms with van der Waals surface area (Å²) in [6.45, 7) is 3.37. The van der Waals surface area contributed by atoms with Crippen molar-refractivity contribution in [2.45, 2.75) is 24.2 Å². The quantitative estimate of drug-likeness (QED) is 0.788.